The second kappa shape index (κ2) is 9.35. The Morgan fingerprint density at radius 1 is 1.03 bits per heavy atom. The van der Waals surface area contributed by atoms with E-state index in [0.29, 0.717) is 11.6 Å². The fourth-order valence-corrected chi connectivity index (χ4v) is 3.01. The number of halogens is 3. The van der Waals surface area contributed by atoms with Crippen molar-refractivity contribution in [2.24, 2.45) is 5.92 Å². The Kier molecular flexibility index (Phi) is 7.36. The molecule has 0 saturated carbocycles. The van der Waals surface area contributed by atoms with Gasteiger partial charge in [0.15, 0.2) is 0 Å². The summed E-state index contributed by atoms with van der Waals surface area (Å²) in [7, 11) is 0. The Morgan fingerprint density at radius 3 is 2.10 bits per heavy atom. The van der Waals surface area contributed by atoms with E-state index in [4.69, 9.17) is 11.6 Å². The molecule has 0 fully saturated rings. The first-order valence-corrected chi connectivity index (χ1v) is 9.69. The molecule has 156 valence electrons. The van der Waals surface area contributed by atoms with Gasteiger partial charge in [0, 0.05) is 17.0 Å². The third-order valence-electron chi connectivity index (χ3n) is 4.76. The molecule has 29 heavy (non-hydrogen) atoms. The maximum Gasteiger partial charge on any atom is 0.257 e. The number of amides is 2. The molecular formula is C22H25ClF2N2O2. The lowest BCUT2D eigenvalue weighted by Crippen LogP contribution is -2.52. The van der Waals surface area contributed by atoms with Crippen LogP contribution in [0.3, 0.4) is 0 Å². The molecule has 2 aromatic carbocycles. The smallest absolute Gasteiger partial charge is 0.257 e. The molecule has 0 bridgehead atoms. The van der Waals surface area contributed by atoms with Crippen LogP contribution in [-0.4, -0.2) is 24.4 Å². The van der Waals surface area contributed by atoms with E-state index in [1.165, 1.54) is 6.07 Å². The monoisotopic (exact) mass is 422 g/mol. The van der Waals surface area contributed by atoms with Crippen LogP contribution >= 0.6 is 11.6 Å². The summed E-state index contributed by atoms with van der Waals surface area (Å²) < 4.78 is 27.7. The molecule has 2 aromatic rings. The summed E-state index contributed by atoms with van der Waals surface area (Å²) in [5, 5.41) is 5.90. The van der Waals surface area contributed by atoms with Gasteiger partial charge in [0.05, 0.1) is 0 Å². The van der Waals surface area contributed by atoms with Gasteiger partial charge in [-0.1, -0.05) is 57.5 Å². The highest BCUT2D eigenvalue weighted by atomic mass is 35.5. The minimum absolute atomic E-state index is 0.285. The van der Waals surface area contributed by atoms with Crippen molar-refractivity contribution in [1.29, 1.82) is 0 Å². The van der Waals surface area contributed by atoms with Crippen molar-refractivity contribution in [3.8, 4) is 0 Å². The number of nitrogens with one attached hydrogen (secondary N) is 2. The van der Waals surface area contributed by atoms with Crippen molar-refractivity contribution in [3.05, 3.63) is 70.2 Å². The normalized spacial score (nSPS) is 12.6. The first-order valence-electron chi connectivity index (χ1n) is 9.31. The van der Waals surface area contributed by atoms with Gasteiger partial charge in [-0.05, 0) is 35.7 Å². The summed E-state index contributed by atoms with van der Waals surface area (Å²) in [6, 6.07) is 9.55. The minimum Gasteiger partial charge on any atom is -0.353 e. The molecule has 0 aliphatic rings. The molecule has 1 unspecified atom stereocenters. The maximum atomic E-state index is 13.9. The van der Waals surface area contributed by atoms with Crippen molar-refractivity contribution < 1.29 is 18.4 Å². The van der Waals surface area contributed by atoms with Crippen LogP contribution < -0.4 is 10.6 Å². The van der Waals surface area contributed by atoms with Gasteiger partial charge in [-0.2, -0.15) is 0 Å². The molecule has 4 nitrogen and oxygen atoms in total. The van der Waals surface area contributed by atoms with Crippen LogP contribution in [-0.2, 0) is 10.2 Å². The molecular weight excluding hydrogens is 398 g/mol. The Bertz CT molecular complexity index is 863. The van der Waals surface area contributed by atoms with Crippen LogP contribution in [0.4, 0.5) is 8.78 Å². The van der Waals surface area contributed by atoms with E-state index in [0.717, 1.165) is 17.7 Å². The van der Waals surface area contributed by atoms with Gasteiger partial charge in [0.25, 0.3) is 5.91 Å². The van der Waals surface area contributed by atoms with Crippen molar-refractivity contribution in [2.75, 3.05) is 6.54 Å². The molecule has 7 heteroatoms. The molecule has 0 spiro atoms. The third kappa shape index (κ3) is 5.76. The highest BCUT2D eigenvalue weighted by Crippen LogP contribution is 2.24. The zero-order valence-electron chi connectivity index (χ0n) is 16.9. The van der Waals surface area contributed by atoms with E-state index in [-0.39, 0.29) is 11.3 Å². The van der Waals surface area contributed by atoms with Gasteiger partial charge >= 0.3 is 0 Å². The standard InChI is InChI=1S/C22H25ClF2N2O2/c1-13(2)19(27-20(28)18-16(24)6-5-7-17(18)25)21(29)26-12-22(3,4)14-8-10-15(23)11-9-14/h5-11,13,19H,12H2,1-4H3,(H,26,29)(H,27,28). The molecule has 0 radical (unpaired) electrons. The fourth-order valence-electron chi connectivity index (χ4n) is 2.88. The van der Waals surface area contributed by atoms with Gasteiger partial charge in [-0.15, -0.1) is 0 Å². The van der Waals surface area contributed by atoms with E-state index in [9.17, 15) is 18.4 Å². The van der Waals surface area contributed by atoms with Gasteiger partial charge in [0.2, 0.25) is 5.91 Å². The quantitative estimate of drug-likeness (QED) is 0.691. The predicted octanol–water partition coefficient (Wildman–Crippen LogP) is 4.47. The average molecular weight is 423 g/mol. The van der Waals surface area contributed by atoms with E-state index in [1.807, 2.05) is 26.0 Å². The third-order valence-corrected chi connectivity index (χ3v) is 5.01. The maximum absolute atomic E-state index is 13.9. The summed E-state index contributed by atoms with van der Waals surface area (Å²) >= 11 is 5.92. The molecule has 2 amide bonds. The predicted molar refractivity (Wildman–Crippen MR) is 110 cm³/mol. The summed E-state index contributed by atoms with van der Waals surface area (Å²) in [6.07, 6.45) is 0. The summed E-state index contributed by atoms with van der Waals surface area (Å²) in [6.45, 7) is 7.72. The van der Waals surface area contributed by atoms with Crippen LogP contribution in [0.2, 0.25) is 5.02 Å². The van der Waals surface area contributed by atoms with Gasteiger partial charge in [-0.25, -0.2) is 8.78 Å². The number of hydrogen-bond donors (Lipinski definition) is 2. The second-order valence-corrected chi connectivity index (χ2v) is 8.34. The fraction of sp³-hybridized carbons (Fsp3) is 0.364. The highest BCUT2D eigenvalue weighted by molar-refractivity contribution is 6.30. The Labute approximate surface area is 174 Å². The van der Waals surface area contributed by atoms with E-state index in [2.05, 4.69) is 10.6 Å². The lowest BCUT2D eigenvalue weighted by atomic mass is 9.84. The van der Waals surface area contributed by atoms with Gasteiger partial charge < -0.3 is 10.6 Å². The molecule has 2 rings (SSSR count). The molecule has 0 aliphatic carbocycles. The van der Waals surface area contributed by atoms with Crippen LogP contribution in [0.25, 0.3) is 0 Å². The zero-order valence-corrected chi connectivity index (χ0v) is 17.6. The SMILES string of the molecule is CC(C)C(NC(=O)c1c(F)cccc1F)C(=O)NCC(C)(C)c1ccc(Cl)cc1. The van der Waals surface area contributed by atoms with E-state index in [1.54, 1.807) is 26.0 Å². The average Bonchev–Trinajstić information content (AvgIpc) is 2.64. The molecule has 0 saturated heterocycles. The van der Waals surface area contributed by atoms with Gasteiger partial charge in [-0.3, -0.25) is 9.59 Å². The summed E-state index contributed by atoms with van der Waals surface area (Å²) in [5.41, 5.74) is -0.100. The molecule has 0 heterocycles. The van der Waals surface area contributed by atoms with Crippen molar-refractivity contribution in [3.63, 3.8) is 0 Å². The second-order valence-electron chi connectivity index (χ2n) is 7.90. The molecule has 2 N–H and O–H groups in total. The van der Waals surface area contributed by atoms with Gasteiger partial charge in [0.1, 0.15) is 23.2 Å². The van der Waals surface area contributed by atoms with Crippen LogP contribution in [0.5, 0.6) is 0 Å². The van der Waals surface area contributed by atoms with E-state index < -0.39 is 35.1 Å². The Morgan fingerprint density at radius 2 is 1.59 bits per heavy atom. The van der Waals surface area contributed by atoms with Crippen LogP contribution in [0.15, 0.2) is 42.5 Å². The minimum atomic E-state index is -0.978. The lowest BCUT2D eigenvalue weighted by molar-refractivity contribution is -0.124. The largest absolute Gasteiger partial charge is 0.353 e. The number of hydrogen-bond acceptors (Lipinski definition) is 2. The van der Waals surface area contributed by atoms with Crippen molar-refractivity contribution in [1.82, 2.24) is 10.6 Å². The zero-order chi connectivity index (χ0) is 21.8. The summed E-state index contributed by atoms with van der Waals surface area (Å²) in [4.78, 5) is 25.1. The molecule has 1 atom stereocenters. The number of benzene rings is 2. The highest BCUT2D eigenvalue weighted by Gasteiger charge is 2.29. The topological polar surface area (TPSA) is 58.2 Å². The Hall–Kier alpha value is -2.47. The van der Waals surface area contributed by atoms with Crippen LogP contribution in [0.1, 0.15) is 43.6 Å². The number of carbonyl (C=O) groups excluding carboxylic acids is 2. The van der Waals surface area contributed by atoms with Crippen molar-refractivity contribution >= 4 is 23.4 Å². The van der Waals surface area contributed by atoms with E-state index >= 15 is 0 Å². The summed E-state index contributed by atoms with van der Waals surface area (Å²) in [5.74, 6) is -3.63. The first-order chi connectivity index (χ1) is 13.5. The van der Waals surface area contributed by atoms with Crippen molar-refractivity contribution in [2.45, 2.75) is 39.2 Å². The lowest BCUT2D eigenvalue weighted by Gasteiger charge is -2.28. The molecule has 0 aromatic heterocycles. The number of rotatable bonds is 7. The molecule has 0 aliphatic heterocycles. The Balaban J connectivity index is 2.09. The number of carbonyl (C=O) groups is 2. The van der Waals surface area contributed by atoms with Crippen LogP contribution in [0, 0.1) is 17.6 Å². The first kappa shape index (κ1) is 22.8.